The van der Waals surface area contributed by atoms with Gasteiger partial charge in [-0.05, 0) is 99.9 Å². The minimum atomic E-state index is -0.734. The Bertz CT molecular complexity index is 2040. The molecule has 1 unspecified atom stereocenters. The fraction of sp³-hybridized carbons (Fsp3) is 0.0556. The maximum Gasteiger partial charge on any atom is 0.187 e. The minimum Gasteiger partial charge on any atom is -0.497 e. The second-order valence-electron chi connectivity index (χ2n) is 10.1. The Kier molecular flexibility index (Phi) is 6.38. The fourth-order valence-electron chi connectivity index (χ4n) is 5.56. The minimum absolute atomic E-state index is 0.734. The number of thiophene rings is 4. The first-order chi connectivity index (χ1) is 20.7. The molecule has 1 atom stereocenters. The van der Waals surface area contributed by atoms with Gasteiger partial charge in [0.25, 0.3) is 0 Å². The van der Waals surface area contributed by atoms with Crippen LogP contribution in [0, 0.1) is 0 Å². The third-order valence-electron chi connectivity index (χ3n) is 7.69. The Morgan fingerprint density at radius 2 is 1.40 bits per heavy atom. The number of methoxy groups -OCH3 is 1. The van der Waals surface area contributed by atoms with Crippen LogP contribution in [0.25, 0.3) is 46.8 Å². The second kappa shape index (κ2) is 10.4. The Morgan fingerprint density at radius 3 is 2.14 bits per heavy atom. The quantitative estimate of drug-likeness (QED) is 0.185. The highest BCUT2D eigenvalue weighted by molar-refractivity contribution is 7.23. The van der Waals surface area contributed by atoms with Gasteiger partial charge in [0.05, 0.1) is 12.0 Å². The molecule has 0 N–H and O–H groups in total. The van der Waals surface area contributed by atoms with Crippen molar-refractivity contribution in [3.8, 4) is 41.4 Å². The lowest BCUT2D eigenvalue weighted by Gasteiger charge is -2.35. The highest BCUT2D eigenvalue weighted by Gasteiger charge is 2.39. The lowest BCUT2D eigenvalue weighted by atomic mass is 9.87. The van der Waals surface area contributed by atoms with Gasteiger partial charge in [0.2, 0.25) is 0 Å². The molecule has 1 aliphatic heterocycles. The van der Waals surface area contributed by atoms with Crippen LogP contribution in [0.1, 0.15) is 16.0 Å². The number of hydrogen-bond donors (Lipinski definition) is 0. The van der Waals surface area contributed by atoms with Crippen molar-refractivity contribution in [2.45, 2.75) is 5.60 Å². The van der Waals surface area contributed by atoms with Crippen molar-refractivity contribution < 1.29 is 9.47 Å². The molecule has 7 aromatic rings. The summed E-state index contributed by atoms with van der Waals surface area (Å²) in [5.74, 6) is 1.71. The van der Waals surface area contributed by atoms with Crippen molar-refractivity contribution >= 4 is 62.2 Å². The Labute approximate surface area is 260 Å². The van der Waals surface area contributed by atoms with E-state index in [0.29, 0.717) is 0 Å². The summed E-state index contributed by atoms with van der Waals surface area (Å²) in [7, 11) is 1.70. The van der Waals surface area contributed by atoms with E-state index in [9.17, 15) is 0 Å². The van der Waals surface area contributed by atoms with Gasteiger partial charge in [-0.25, -0.2) is 0 Å². The highest BCUT2D eigenvalue weighted by atomic mass is 32.1. The van der Waals surface area contributed by atoms with E-state index in [-0.39, 0.29) is 0 Å². The van der Waals surface area contributed by atoms with E-state index >= 15 is 0 Å². The van der Waals surface area contributed by atoms with E-state index in [1.165, 1.54) is 40.7 Å². The molecule has 0 fully saturated rings. The number of rotatable bonds is 6. The van der Waals surface area contributed by atoms with Crippen LogP contribution in [0.5, 0.6) is 11.5 Å². The molecule has 3 aromatic carbocycles. The van der Waals surface area contributed by atoms with E-state index in [0.717, 1.165) is 27.5 Å². The van der Waals surface area contributed by atoms with Crippen molar-refractivity contribution in [3.05, 3.63) is 136 Å². The zero-order valence-corrected chi connectivity index (χ0v) is 25.8. The van der Waals surface area contributed by atoms with Crippen LogP contribution < -0.4 is 9.47 Å². The summed E-state index contributed by atoms with van der Waals surface area (Å²) in [5, 5.41) is 6.65. The van der Waals surface area contributed by atoms with Crippen molar-refractivity contribution in [3.63, 3.8) is 0 Å². The molecule has 0 saturated heterocycles. The Morgan fingerprint density at radius 1 is 0.667 bits per heavy atom. The van der Waals surface area contributed by atoms with Gasteiger partial charge in [0, 0.05) is 35.5 Å². The molecular weight excluding hydrogens is 593 g/mol. The average molecular weight is 617 g/mol. The van der Waals surface area contributed by atoms with Gasteiger partial charge in [-0.3, -0.25) is 0 Å². The third-order valence-corrected chi connectivity index (χ3v) is 12.2. The lowest BCUT2D eigenvalue weighted by molar-refractivity contribution is 0.165. The molecule has 4 aromatic heterocycles. The predicted molar refractivity (Wildman–Crippen MR) is 182 cm³/mol. The zero-order chi connectivity index (χ0) is 28.1. The van der Waals surface area contributed by atoms with Gasteiger partial charge in [-0.2, -0.15) is 0 Å². The summed E-state index contributed by atoms with van der Waals surface area (Å²) in [6, 6.07) is 36.8. The maximum atomic E-state index is 7.05. The summed E-state index contributed by atoms with van der Waals surface area (Å²) < 4.78 is 12.5. The van der Waals surface area contributed by atoms with Gasteiger partial charge in [-0.15, -0.1) is 45.3 Å². The summed E-state index contributed by atoms with van der Waals surface area (Å²) in [6.07, 6.45) is 4.47. The van der Waals surface area contributed by atoms with Gasteiger partial charge >= 0.3 is 0 Å². The molecule has 6 heteroatoms. The van der Waals surface area contributed by atoms with Crippen LogP contribution >= 0.6 is 45.3 Å². The van der Waals surface area contributed by atoms with Crippen molar-refractivity contribution in [2.75, 3.05) is 7.11 Å². The summed E-state index contributed by atoms with van der Waals surface area (Å²) in [4.78, 5) is 7.57. The van der Waals surface area contributed by atoms with Gasteiger partial charge in [0.1, 0.15) is 11.5 Å². The number of fused-ring (bicyclic) bond motifs is 3. The van der Waals surface area contributed by atoms with Gasteiger partial charge < -0.3 is 9.47 Å². The van der Waals surface area contributed by atoms with Crippen molar-refractivity contribution in [2.24, 2.45) is 0 Å². The molecule has 1 aliphatic rings. The molecule has 0 saturated carbocycles. The fourth-order valence-corrected chi connectivity index (χ4v) is 9.37. The number of ether oxygens (including phenoxy) is 2. The summed E-state index contributed by atoms with van der Waals surface area (Å²) in [5.41, 5.74) is 2.69. The first kappa shape index (κ1) is 25.7. The van der Waals surface area contributed by atoms with Crippen LogP contribution in [0.3, 0.4) is 0 Å². The molecule has 204 valence electrons. The van der Waals surface area contributed by atoms with Crippen molar-refractivity contribution in [1.29, 1.82) is 0 Å². The predicted octanol–water partition coefficient (Wildman–Crippen LogP) is 11.4. The van der Waals surface area contributed by atoms with Crippen LogP contribution in [-0.4, -0.2) is 7.11 Å². The monoisotopic (exact) mass is 616 g/mol. The topological polar surface area (TPSA) is 18.5 Å². The number of hydrogen-bond acceptors (Lipinski definition) is 6. The van der Waals surface area contributed by atoms with E-state index in [1.54, 1.807) is 41.1 Å². The third kappa shape index (κ3) is 4.34. The van der Waals surface area contributed by atoms with E-state index in [4.69, 9.17) is 9.47 Å². The Balaban J connectivity index is 1.20. The Hall–Kier alpha value is -3.94. The standard InChI is InChI=1S/C36H24O2S4/c1-37-26-10-8-25(9-11-26)36(35-17-16-34(42-35)32-5-3-21-40-32)19-18-28-27-12-6-24(22-23(27)7-13-29(28)38-36)30-14-15-33(41-30)31-4-2-20-39-31/h2-22H,1H3. The molecule has 0 radical (unpaired) electrons. The number of benzene rings is 3. The second-order valence-corrected chi connectivity index (χ2v) is 14.2. The van der Waals surface area contributed by atoms with E-state index < -0.39 is 5.60 Å². The van der Waals surface area contributed by atoms with Crippen LogP contribution in [0.4, 0.5) is 0 Å². The lowest BCUT2D eigenvalue weighted by Crippen LogP contribution is -2.33. The van der Waals surface area contributed by atoms with E-state index in [1.807, 2.05) is 23.5 Å². The summed E-state index contributed by atoms with van der Waals surface area (Å²) >= 11 is 7.18. The molecule has 2 nitrogen and oxygen atoms in total. The van der Waals surface area contributed by atoms with Crippen LogP contribution in [0.2, 0.25) is 0 Å². The van der Waals surface area contributed by atoms with E-state index in [2.05, 4.69) is 114 Å². The largest absolute Gasteiger partial charge is 0.497 e. The first-order valence-corrected chi connectivity index (χ1v) is 17.0. The highest BCUT2D eigenvalue weighted by Crippen LogP contribution is 2.48. The maximum absolute atomic E-state index is 7.05. The van der Waals surface area contributed by atoms with Gasteiger partial charge in [-0.1, -0.05) is 42.5 Å². The zero-order valence-electron chi connectivity index (χ0n) is 22.6. The molecule has 5 heterocycles. The summed E-state index contributed by atoms with van der Waals surface area (Å²) in [6.45, 7) is 0. The van der Waals surface area contributed by atoms with Crippen molar-refractivity contribution in [1.82, 2.24) is 0 Å². The normalized spacial score (nSPS) is 15.9. The molecule has 0 aliphatic carbocycles. The first-order valence-electron chi connectivity index (χ1n) is 13.6. The molecule has 0 spiro atoms. The molecule has 0 amide bonds. The van der Waals surface area contributed by atoms with Gasteiger partial charge in [0.15, 0.2) is 5.60 Å². The van der Waals surface area contributed by atoms with Crippen LogP contribution in [0.15, 0.2) is 120 Å². The molecule has 8 rings (SSSR count). The molecule has 0 bridgehead atoms. The smallest absolute Gasteiger partial charge is 0.187 e. The average Bonchev–Trinajstić information content (AvgIpc) is 3.87. The van der Waals surface area contributed by atoms with Crippen LogP contribution in [-0.2, 0) is 5.60 Å². The molecular formula is C36H24O2S4. The molecule has 42 heavy (non-hydrogen) atoms. The SMILES string of the molecule is COc1ccc(C2(c3ccc(-c4cccs4)s3)C=Cc3c(ccc4cc(-c5ccc(-c6cccs6)s5)ccc34)O2)cc1.